The number of furan rings is 1. The van der Waals surface area contributed by atoms with Crippen LogP contribution < -0.4 is 14.5 Å². The Kier molecular flexibility index (Phi) is 10.6. The number of ether oxygens (including phenoxy) is 1. The molecule has 0 saturated carbocycles. The van der Waals surface area contributed by atoms with Crippen LogP contribution in [-0.4, -0.2) is 6.10 Å². The van der Waals surface area contributed by atoms with Crippen LogP contribution in [0.25, 0.3) is 71.0 Å². The number of benzene rings is 11. The third-order valence-corrected chi connectivity index (χ3v) is 16.3. The summed E-state index contributed by atoms with van der Waals surface area (Å²) in [5, 5.41) is 9.39. The van der Waals surface area contributed by atoms with Gasteiger partial charge in [0, 0.05) is 55.5 Å². The smallest absolute Gasteiger partial charge is 0.159 e. The zero-order chi connectivity index (χ0) is 51.5. The number of para-hydroxylation sites is 3. The molecule has 0 N–H and O–H groups in total. The molecule has 0 radical (unpaired) electrons. The van der Waals surface area contributed by atoms with Gasteiger partial charge in [0.15, 0.2) is 5.58 Å². The standard InChI is InChI=1S/C72H58N2O2/c1-8-48-40-47(7)62(41-46(48)6)59-21-13-20-56-58-23-15-25-66(72(58)76-70(56)59)74(53-38-44(4)35-45(5)39-53)64-33-29-51-26-30-60-63(32-28-50-27-31-61(64)68(51)67(50)60)73(52-36-42(2)34-43(3)37-52)65-24-14-22-57-55-19-12-18-54(69(55)75-71(57)65)49-16-10-9-11-17-49/h9-41,55,69H,8H2,1-7H3. The summed E-state index contributed by atoms with van der Waals surface area (Å²) >= 11 is 0. The molecule has 11 aromatic carbocycles. The van der Waals surface area contributed by atoms with Gasteiger partial charge in [-0.25, -0.2) is 0 Å². The van der Waals surface area contributed by atoms with Crippen molar-refractivity contribution in [2.45, 2.75) is 66.9 Å². The highest BCUT2D eigenvalue weighted by molar-refractivity contribution is 6.28. The van der Waals surface area contributed by atoms with Crippen LogP contribution in [-0.2, 0) is 6.42 Å². The third-order valence-electron chi connectivity index (χ3n) is 16.3. The fraction of sp³-hybridized carbons (Fsp3) is 0.139. The quantitative estimate of drug-likeness (QED) is 0.135. The van der Waals surface area contributed by atoms with Crippen LogP contribution in [0.5, 0.6) is 5.75 Å². The van der Waals surface area contributed by atoms with Crippen LogP contribution in [0.4, 0.5) is 34.1 Å². The molecular formula is C72H58N2O2. The molecule has 76 heavy (non-hydrogen) atoms. The Bertz CT molecular complexity index is 4360. The van der Waals surface area contributed by atoms with E-state index in [1.54, 1.807) is 0 Å². The summed E-state index contributed by atoms with van der Waals surface area (Å²) in [5.41, 5.74) is 22.8. The van der Waals surface area contributed by atoms with E-state index in [4.69, 9.17) is 9.15 Å². The van der Waals surface area contributed by atoms with E-state index >= 15 is 0 Å². The van der Waals surface area contributed by atoms with Gasteiger partial charge in [0.2, 0.25) is 0 Å². The summed E-state index contributed by atoms with van der Waals surface area (Å²) in [7, 11) is 0. The number of rotatable bonds is 9. The van der Waals surface area contributed by atoms with E-state index in [1.165, 1.54) is 93.5 Å². The average Bonchev–Trinajstić information content (AvgIpc) is 4.01. The maximum atomic E-state index is 7.30. The molecule has 2 unspecified atom stereocenters. The second-order valence-corrected chi connectivity index (χ2v) is 21.5. The average molecular weight is 983 g/mol. The van der Waals surface area contributed by atoms with Crippen LogP contribution in [0.1, 0.15) is 62.9 Å². The zero-order valence-electron chi connectivity index (χ0n) is 44.1. The molecule has 368 valence electrons. The molecule has 0 fully saturated rings. The SMILES string of the molecule is CCc1cc(C)c(-c2cccc3c2oc2c(N(c4cc(C)cc(C)c4)c4ccc5ccc6c(N(c7cc(C)cc(C)c7)c7cccc8c7OC7C(c9ccccc9)=CC=CC87)ccc7ccc4c5c76)cccc23)cc1C. The van der Waals surface area contributed by atoms with Crippen LogP contribution in [0.15, 0.2) is 205 Å². The van der Waals surface area contributed by atoms with Crippen molar-refractivity contribution in [1.29, 1.82) is 0 Å². The van der Waals surface area contributed by atoms with Gasteiger partial charge in [-0.15, -0.1) is 0 Å². The minimum Gasteiger partial charge on any atom is -0.482 e. The summed E-state index contributed by atoms with van der Waals surface area (Å²) in [4.78, 5) is 4.90. The maximum absolute atomic E-state index is 7.30. The summed E-state index contributed by atoms with van der Waals surface area (Å²) in [6.07, 6.45) is 7.61. The van der Waals surface area contributed by atoms with Gasteiger partial charge in [0.25, 0.3) is 0 Å². The number of hydrogen-bond acceptors (Lipinski definition) is 4. The highest BCUT2D eigenvalue weighted by atomic mass is 16.5. The van der Waals surface area contributed by atoms with E-state index in [-0.39, 0.29) is 12.0 Å². The lowest BCUT2D eigenvalue weighted by Crippen LogP contribution is -2.21. The maximum Gasteiger partial charge on any atom is 0.159 e. The van der Waals surface area contributed by atoms with Crippen molar-refractivity contribution in [2.24, 2.45) is 0 Å². The predicted molar refractivity (Wildman–Crippen MR) is 321 cm³/mol. The molecule has 2 heterocycles. The zero-order valence-corrected chi connectivity index (χ0v) is 44.1. The molecule has 1 aliphatic heterocycles. The van der Waals surface area contributed by atoms with Crippen molar-refractivity contribution in [3.05, 3.63) is 250 Å². The second-order valence-electron chi connectivity index (χ2n) is 21.5. The number of anilines is 6. The first-order chi connectivity index (χ1) is 37.1. The van der Waals surface area contributed by atoms with Crippen molar-refractivity contribution in [3.8, 4) is 16.9 Å². The fourth-order valence-corrected chi connectivity index (χ4v) is 13.1. The van der Waals surface area contributed by atoms with Crippen molar-refractivity contribution < 1.29 is 9.15 Å². The normalized spacial score (nSPS) is 15.0. The van der Waals surface area contributed by atoms with Crippen LogP contribution >= 0.6 is 0 Å². The van der Waals surface area contributed by atoms with Gasteiger partial charge in [-0.2, -0.15) is 0 Å². The first kappa shape index (κ1) is 45.7. The number of hydrogen-bond donors (Lipinski definition) is 0. The Hall–Kier alpha value is -8.86. The topological polar surface area (TPSA) is 28.9 Å². The minimum atomic E-state index is -0.136. The van der Waals surface area contributed by atoms with Gasteiger partial charge in [0.1, 0.15) is 17.4 Å². The predicted octanol–water partition coefficient (Wildman–Crippen LogP) is 20.0. The fourth-order valence-electron chi connectivity index (χ4n) is 13.1. The molecule has 2 aliphatic rings. The largest absolute Gasteiger partial charge is 0.482 e. The number of fused-ring (bicyclic) bond motifs is 6. The summed E-state index contributed by atoms with van der Waals surface area (Å²) in [6, 6.07) is 67.7. The molecule has 14 rings (SSSR count). The molecule has 4 heteroatoms. The summed E-state index contributed by atoms with van der Waals surface area (Å²) in [6.45, 7) is 15.5. The molecule has 4 nitrogen and oxygen atoms in total. The Labute approximate surface area is 444 Å². The van der Waals surface area contributed by atoms with Crippen LogP contribution in [0, 0.1) is 41.5 Å². The van der Waals surface area contributed by atoms with E-state index in [1.807, 2.05) is 0 Å². The third kappa shape index (κ3) is 7.18. The lowest BCUT2D eigenvalue weighted by Gasteiger charge is -2.30. The Balaban J connectivity index is 0.981. The van der Waals surface area contributed by atoms with Gasteiger partial charge < -0.3 is 19.0 Å². The van der Waals surface area contributed by atoms with Gasteiger partial charge in [-0.3, -0.25) is 0 Å². The monoisotopic (exact) mass is 982 g/mol. The Morgan fingerprint density at radius 1 is 0.461 bits per heavy atom. The van der Waals surface area contributed by atoms with Crippen molar-refractivity contribution in [2.75, 3.05) is 9.80 Å². The number of aryl methyl sites for hydroxylation is 7. The number of nitrogens with zero attached hydrogens (tertiary/aromatic N) is 2. The lowest BCUT2D eigenvalue weighted by molar-refractivity contribution is 0.279. The molecular weight excluding hydrogens is 925 g/mol. The van der Waals surface area contributed by atoms with E-state index < -0.39 is 0 Å². The molecule has 0 bridgehead atoms. The second kappa shape index (κ2) is 17.6. The molecule has 0 spiro atoms. The van der Waals surface area contributed by atoms with Gasteiger partial charge >= 0.3 is 0 Å². The number of allylic oxidation sites excluding steroid dienone is 2. The highest BCUT2D eigenvalue weighted by Crippen LogP contribution is 2.55. The highest BCUT2D eigenvalue weighted by Gasteiger charge is 2.40. The van der Waals surface area contributed by atoms with Gasteiger partial charge in [0.05, 0.1) is 22.7 Å². The van der Waals surface area contributed by atoms with Gasteiger partial charge in [-0.05, 0) is 168 Å². The van der Waals surface area contributed by atoms with Crippen molar-refractivity contribution >= 4 is 94.0 Å². The Morgan fingerprint density at radius 2 is 1.04 bits per heavy atom. The summed E-state index contributed by atoms with van der Waals surface area (Å²) in [5.74, 6) is 1.02. The van der Waals surface area contributed by atoms with Crippen molar-refractivity contribution in [1.82, 2.24) is 0 Å². The lowest BCUT2D eigenvalue weighted by atomic mass is 9.84. The molecule has 0 amide bonds. The first-order valence-electron chi connectivity index (χ1n) is 26.9. The molecule has 1 aliphatic carbocycles. The van der Waals surface area contributed by atoms with E-state index in [2.05, 4.69) is 258 Å². The summed E-state index contributed by atoms with van der Waals surface area (Å²) < 4.78 is 14.6. The van der Waals surface area contributed by atoms with Gasteiger partial charge in [-0.1, -0.05) is 159 Å². The van der Waals surface area contributed by atoms with E-state index in [0.717, 1.165) is 73.8 Å². The van der Waals surface area contributed by atoms with Crippen LogP contribution in [0.2, 0.25) is 0 Å². The Morgan fingerprint density at radius 3 is 1.68 bits per heavy atom. The minimum absolute atomic E-state index is 0.0926. The molecule has 12 aromatic rings. The molecule has 0 saturated heterocycles. The van der Waals surface area contributed by atoms with E-state index in [9.17, 15) is 0 Å². The molecule has 2 atom stereocenters. The van der Waals surface area contributed by atoms with Crippen molar-refractivity contribution in [3.63, 3.8) is 0 Å². The molecule has 1 aromatic heterocycles. The first-order valence-corrected chi connectivity index (χ1v) is 26.9. The van der Waals surface area contributed by atoms with E-state index in [0.29, 0.717) is 0 Å². The van der Waals surface area contributed by atoms with Crippen LogP contribution in [0.3, 0.4) is 0 Å².